The Hall–Kier alpha value is -2.40. The number of hydrogen-bond acceptors (Lipinski definition) is 3. The lowest BCUT2D eigenvalue weighted by Gasteiger charge is -2.07. The van der Waals surface area contributed by atoms with Crippen molar-refractivity contribution >= 4 is 27.5 Å². The highest BCUT2D eigenvalue weighted by Crippen LogP contribution is 2.30. The third-order valence-electron chi connectivity index (χ3n) is 4.09. The lowest BCUT2D eigenvalue weighted by Crippen LogP contribution is -2.16. The SMILES string of the molecule is CCn1c(=NC(=O)c2ccccc2C)sc2c(C)ccc(OC)c21. The van der Waals surface area contributed by atoms with E-state index in [0.29, 0.717) is 10.4 Å². The monoisotopic (exact) mass is 340 g/mol. The van der Waals surface area contributed by atoms with Gasteiger partial charge in [0.2, 0.25) is 0 Å². The molecule has 1 heterocycles. The number of aromatic nitrogens is 1. The molecule has 1 amide bonds. The Bertz CT molecular complexity index is 983. The van der Waals surface area contributed by atoms with Gasteiger partial charge in [-0.05, 0) is 44.0 Å². The zero-order chi connectivity index (χ0) is 17.3. The van der Waals surface area contributed by atoms with Crippen molar-refractivity contribution in [3.8, 4) is 5.75 Å². The zero-order valence-electron chi connectivity index (χ0n) is 14.3. The minimum Gasteiger partial charge on any atom is -0.495 e. The van der Waals surface area contributed by atoms with Gasteiger partial charge >= 0.3 is 0 Å². The first-order valence-corrected chi connectivity index (χ1v) is 8.70. The molecule has 124 valence electrons. The summed E-state index contributed by atoms with van der Waals surface area (Å²) < 4.78 is 8.65. The summed E-state index contributed by atoms with van der Waals surface area (Å²) in [6, 6.07) is 11.5. The van der Waals surface area contributed by atoms with Crippen LogP contribution >= 0.6 is 11.3 Å². The highest BCUT2D eigenvalue weighted by Gasteiger charge is 2.14. The third kappa shape index (κ3) is 2.76. The van der Waals surface area contributed by atoms with E-state index < -0.39 is 0 Å². The third-order valence-corrected chi connectivity index (χ3v) is 5.31. The molecule has 0 aliphatic carbocycles. The van der Waals surface area contributed by atoms with Gasteiger partial charge in [-0.3, -0.25) is 4.79 Å². The molecule has 24 heavy (non-hydrogen) atoms. The molecule has 0 bridgehead atoms. The molecule has 0 saturated carbocycles. The van der Waals surface area contributed by atoms with Crippen molar-refractivity contribution in [2.75, 3.05) is 7.11 Å². The quantitative estimate of drug-likeness (QED) is 0.721. The molecule has 0 atom stereocenters. The van der Waals surface area contributed by atoms with Crippen LogP contribution < -0.4 is 9.54 Å². The van der Waals surface area contributed by atoms with E-state index in [0.717, 1.165) is 33.6 Å². The maximum absolute atomic E-state index is 12.6. The Morgan fingerprint density at radius 2 is 1.92 bits per heavy atom. The molecule has 0 unspecified atom stereocenters. The number of amides is 1. The standard InChI is InChI=1S/C19H20N2O2S/c1-5-21-16-15(23-4)11-10-13(3)17(16)24-19(21)20-18(22)14-9-7-6-8-12(14)2/h6-11H,5H2,1-4H3. The number of hydrogen-bond donors (Lipinski definition) is 0. The number of methoxy groups -OCH3 is 1. The van der Waals surface area contributed by atoms with Crippen molar-refractivity contribution in [2.24, 2.45) is 4.99 Å². The molecule has 0 N–H and O–H groups in total. The lowest BCUT2D eigenvalue weighted by atomic mass is 10.1. The molecule has 3 aromatic rings. The van der Waals surface area contributed by atoms with E-state index in [9.17, 15) is 4.79 Å². The molecule has 0 fully saturated rings. The first kappa shape index (κ1) is 16.5. The number of carbonyl (C=O) groups is 1. The smallest absolute Gasteiger partial charge is 0.279 e. The fourth-order valence-corrected chi connectivity index (χ4v) is 3.96. The van der Waals surface area contributed by atoms with Crippen LogP contribution in [0.3, 0.4) is 0 Å². The number of thiazole rings is 1. The van der Waals surface area contributed by atoms with E-state index >= 15 is 0 Å². The molecule has 2 aromatic carbocycles. The Morgan fingerprint density at radius 3 is 2.58 bits per heavy atom. The van der Waals surface area contributed by atoms with Crippen LogP contribution in [0.4, 0.5) is 0 Å². The summed E-state index contributed by atoms with van der Waals surface area (Å²) in [5, 5.41) is 0. The minimum atomic E-state index is -0.210. The van der Waals surface area contributed by atoms with Gasteiger partial charge < -0.3 is 9.30 Å². The van der Waals surface area contributed by atoms with Crippen molar-refractivity contribution in [1.29, 1.82) is 0 Å². The topological polar surface area (TPSA) is 43.6 Å². The summed E-state index contributed by atoms with van der Waals surface area (Å²) in [6.07, 6.45) is 0. The van der Waals surface area contributed by atoms with Crippen LogP contribution in [0.25, 0.3) is 10.2 Å². The first-order chi connectivity index (χ1) is 11.6. The highest BCUT2D eigenvalue weighted by molar-refractivity contribution is 7.16. The van der Waals surface area contributed by atoms with E-state index in [-0.39, 0.29) is 5.91 Å². The van der Waals surface area contributed by atoms with Crippen LogP contribution in [0.15, 0.2) is 41.4 Å². The van der Waals surface area contributed by atoms with E-state index in [1.165, 1.54) is 11.3 Å². The number of rotatable bonds is 3. The van der Waals surface area contributed by atoms with Gasteiger partial charge in [-0.15, -0.1) is 0 Å². The molecular weight excluding hydrogens is 320 g/mol. The Labute approximate surface area is 145 Å². The number of aryl methyl sites for hydroxylation is 3. The van der Waals surface area contributed by atoms with Crippen molar-refractivity contribution in [2.45, 2.75) is 27.3 Å². The van der Waals surface area contributed by atoms with Gasteiger partial charge in [0.15, 0.2) is 4.80 Å². The van der Waals surface area contributed by atoms with Crippen LogP contribution in [-0.4, -0.2) is 17.6 Å². The van der Waals surface area contributed by atoms with Crippen LogP contribution in [0.5, 0.6) is 5.75 Å². The fourth-order valence-electron chi connectivity index (χ4n) is 2.78. The molecule has 3 rings (SSSR count). The van der Waals surface area contributed by atoms with Crippen LogP contribution in [0, 0.1) is 13.8 Å². The average molecular weight is 340 g/mol. The first-order valence-electron chi connectivity index (χ1n) is 7.88. The number of fused-ring (bicyclic) bond motifs is 1. The summed E-state index contributed by atoms with van der Waals surface area (Å²) in [5.41, 5.74) is 3.73. The number of ether oxygens (including phenoxy) is 1. The van der Waals surface area contributed by atoms with Crippen molar-refractivity contribution in [1.82, 2.24) is 4.57 Å². The number of nitrogens with zero attached hydrogens (tertiary/aromatic N) is 2. The Morgan fingerprint density at radius 1 is 1.17 bits per heavy atom. The van der Waals surface area contributed by atoms with Gasteiger partial charge in [-0.2, -0.15) is 4.99 Å². The average Bonchev–Trinajstić information content (AvgIpc) is 2.94. The number of carbonyl (C=O) groups excluding carboxylic acids is 1. The molecule has 0 saturated heterocycles. The van der Waals surface area contributed by atoms with Crippen LogP contribution in [0.1, 0.15) is 28.4 Å². The molecule has 0 radical (unpaired) electrons. The van der Waals surface area contributed by atoms with Gasteiger partial charge in [0.05, 0.1) is 11.8 Å². The summed E-state index contributed by atoms with van der Waals surface area (Å²) in [6.45, 7) is 6.75. The predicted molar refractivity (Wildman–Crippen MR) is 97.9 cm³/mol. The van der Waals surface area contributed by atoms with Crippen molar-refractivity contribution < 1.29 is 9.53 Å². The maximum Gasteiger partial charge on any atom is 0.279 e. The maximum atomic E-state index is 12.6. The van der Waals surface area contributed by atoms with E-state index in [1.807, 2.05) is 54.8 Å². The molecule has 0 aliphatic heterocycles. The molecule has 5 heteroatoms. The normalized spacial score (nSPS) is 11.9. The molecule has 0 spiro atoms. The van der Waals surface area contributed by atoms with Crippen molar-refractivity contribution in [3.05, 3.63) is 57.9 Å². The lowest BCUT2D eigenvalue weighted by molar-refractivity contribution is 0.0997. The van der Waals surface area contributed by atoms with E-state index in [1.54, 1.807) is 7.11 Å². The fraction of sp³-hybridized carbons (Fsp3) is 0.263. The van der Waals surface area contributed by atoms with E-state index in [4.69, 9.17) is 4.74 Å². The summed E-state index contributed by atoms with van der Waals surface area (Å²) >= 11 is 1.53. The Kier molecular flexibility index (Phi) is 4.53. The second-order valence-corrected chi connectivity index (χ2v) is 6.60. The van der Waals surface area contributed by atoms with Gasteiger partial charge in [0.25, 0.3) is 5.91 Å². The Balaban J connectivity index is 2.25. The zero-order valence-corrected chi connectivity index (χ0v) is 15.1. The number of benzene rings is 2. The second kappa shape index (κ2) is 6.61. The van der Waals surface area contributed by atoms with Crippen LogP contribution in [-0.2, 0) is 6.54 Å². The highest BCUT2D eigenvalue weighted by atomic mass is 32.1. The predicted octanol–water partition coefficient (Wildman–Crippen LogP) is 4.09. The van der Waals surface area contributed by atoms with Crippen LogP contribution in [0.2, 0.25) is 0 Å². The summed E-state index contributed by atoms with van der Waals surface area (Å²) in [5.74, 6) is 0.594. The van der Waals surface area contributed by atoms with E-state index in [2.05, 4.69) is 11.9 Å². The van der Waals surface area contributed by atoms with Gasteiger partial charge in [0.1, 0.15) is 11.3 Å². The van der Waals surface area contributed by atoms with Gasteiger partial charge in [0, 0.05) is 12.1 Å². The second-order valence-electron chi connectivity index (χ2n) is 5.62. The minimum absolute atomic E-state index is 0.210. The summed E-state index contributed by atoms with van der Waals surface area (Å²) in [7, 11) is 1.66. The molecule has 1 aromatic heterocycles. The van der Waals surface area contributed by atoms with Gasteiger partial charge in [-0.1, -0.05) is 35.6 Å². The van der Waals surface area contributed by atoms with Gasteiger partial charge in [-0.25, -0.2) is 0 Å². The van der Waals surface area contributed by atoms with Crippen molar-refractivity contribution in [3.63, 3.8) is 0 Å². The molecule has 0 aliphatic rings. The molecule has 4 nitrogen and oxygen atoms in total. The largest absolute Gasteiger partial charge is 0.495 e. The molecular formula is C19H20N2O2S. The summed E-state index contributed by atoms with van der Waals surface area (Å²) in [4.78, 5) is 17.7.